The van der Waals surface area contributed by atoms with E-state index >= 15 is 0 Å². The van der Waals surface area contributed by atoms with Crippen molar-refractivity contribution in [3.63, 3.8) is 0 Å². The summed E-state index contributed by atoms with van der Waals surface area (Å²) < 4.78 is 5.25. The van der Waals surface area contributed by atoms with Crippen molar-refractivity contribution in [1.29, 1.82) is 0 Å². The summed E-state index contributed by atoms with van der Waals surface area (Å²) >= 11 is 0. The van der Waals surface area contributed by atoms with Crippen LogP contribution in [0, 0.1) is 0 Å². The molecule has 1 aromatic rings. The van der Waals surface area contributed by atoms with Crippen LogP contribution in [-0.4, -0.2) is 48.6 Å². The second kappa shape index (κ2) is 5.93. The van der Waals surface area contributed by atoms with E-state index < -0.39 is 0 Å². The third kappa shape index (κ3) is 3.05. The Kier molecular flexibility index (Phi) is 4.28. The number of nitrogens with zero attached hydrogens (tertiary/aromatic N) is 2. The van der Waals surface area contributed by atoms with Gasteiger partial charge >= 0.3 is 0 Å². The first-order valence-corrected chi connectivity index (χ1v) is 6.10. The van der Waals surface area contributed by atoms with E-state index in [1.807, 2.05) is 19.2 Å². The van der Waals surface area contributed by atoms with Crippen molar-refractivity contribution in [3.05, 3.63) is 30.1 Å². The van der Waals surface area contributed by atoms with Crippen LogP contribution in [0.5, 0.6) is 0 Å². The van der Waals surface area contributed by atoms with Gasteiger partial charge in [0.25, 0.3) is 0 Å². The zero-order chi connectivity index (χ0) is 13.0. The number of methoxy groups -OCH3 is 1. The van der Waals surface area contributed by atoms with Gasteiger partial charge in [0.1, 0.15) is 0 Å². The highest BCUT2D eigenvalue weighted by atomic mass is 16.5. The second-order valence-corrected chi connectivity index (χ2v) is 4.60. The van der Waals surface area contributed by atoms with Gasteiger partial charge in [0, 0.05) is 39.6 Å². The molecule has 1 fully saturated rings. The normalized spacial score (nSPS) is 23.0. The molecule has 1 aliphatic rings. The Morgan fingerprint density at radius 2 is 2.28 bits per heavy atom. The number of likely N-dealkylation sites (N-methyl/N-ethyl adjacent to an activating group) is 1. The van der Waals surface area contributed by atoms with E-state index in [-0.39, 0.29) is 18.1 Å². The molecule has 98 valence electrons. The van der Waals surface area contributed by atoms with Crippen LogP contribution < -0.4 is 5.32 Å². The summed E-state index contributed by atoms with van der Waals surface area (Å²) in [5, 5.41) is 3.20. The number of hydrogen-bond acceptors (Lipinski definition) is 4. The maximum Gasteiger partial charge on any atom is 0.239 e. The molecule has 0 saturated carbocycles. The maximum atomic E-state index is 12.2. The number of carbonyl (C=O) groups excluding carboxylic acids is 1. The molecule has 2 rings (SSSR count). The van der Waals surface area contributed by atoms with Crippen LogP contribution in [0.1, 0.15) is 12.0 Å². The molecule has 2 unspecified atom stereocenters. The number of aromatic nitrogens is 1. The number of nitrogens with one attached hydrogen (secondary N) is 1. The van der Waals surface area contributed by atoms with Crippen LogP contribution in [0.3, 0.4) is 0 Å². The molecule has 1 aromatic heterocycles. The van der Waals surface area contributed by atoms with Gasteiger partial charge in [0.05, 0.1) is 12.1 Å². The Hall–Kier alpha value is -1.46. The topological polar surface area (TPSA) is 54.5 Å². The van der Waals surface area contributed by atoms with Gasteiger partial charge < -0.3 is 15.0 Å². The second-order valence-electron chi connectivity index (χ2n) is 4.60. The van der Waals surface area contributed by atoms with Gasteiger partial charge in [0.2, 0.25) is 5.91 Å². The fraction of sp³-hybridized carbons (Fsp3) is 0.538. The lowest BCUT2D eigenvalue weighted by molar-refractivity contribution is -0.132. The Balaban J connectivity index is 1.89. The lowest BCUT2D eigenvalue weighted by Gasteiger charge is -2.21. The van der Waals surface area contributed by atoms with Gasteiger partial charge in [-0.05, 0) is 24.1 Å². The van der Waals surface area contributed by atoms with Crippen molar-refractivity contribution < 1.29 is 9.53 Å². The van der Waals surface area contributed by atoms with E-state index in [4.69, 9.17) is 4.74 Å². The highest BCUT2D eigenvalue weighted by molar-refractivity contribution is 5.82. The Bertz CT molecular complexity index is 396. The van der Waals surface area contributed by atoms with Crippen LogP contribution in [0.4, 0.5) is 0 Å². The number of rotatable bonds is 4. The van der Waals surface area contributed by atoms with Gasteiger partial charge in [-0.1, -0.05) is 0 Å². The molecule has 0 spiro atoms. The number of ether oxygens (including phenoxy) is 1. The van der Waals surface area contributed by atoms with Crippen LogP contribution in [0.15, 0.2) is 24.5 Å². The largest absolute Gasteiger partial charge is 0.380 e. The van der Waals surface area contributed by atoms with Crippen LogP contribution in [0.2, 0.25) is 0 Å². The summed E-state index contributed by atoms with van der Waals surface area (Å²) in [4.78, 5) is 17.9. The number of amides is 1. The summed E-state index contributed by atoms with van der Waals surface area (Å²) in [5.74, 6) is 0.117. The van der Waals surface area contributed by atoms with Gasteiger partial charge in [-0.3, -0.25) is 9.78 Å². The minimum Gasteiger partial charge on any atom is -0.380 e. The summed E-state index contributed by atoms with van der Waals surface area (Å²) in [5.41, 5.74) is 1.09. The predicted octanol–water partition coefficient (Wildman–Crippen LogP) is 0.417. The Labute approximate surface area is 107 Å². The molecular weight excluding hydrogens is 230 g/mol. The van der Waals surface area contributed by atoms with E-state index in [1.54, 1.807) is 24.4 Å². The molecule has 0 radical (unpaired) electrons. The fourth-order valence-electron chi connectivity index (χ4n) is 2.18. The van der Waals surface area contributed by atoms with Gasteiger partial charge in [0.15, 0.2) is 0 Å². The molecule has 1 aliphatic heterocycles. The summed E-state index contributed by atoms with van der Waals surface area (Å²) in [6.45, 7) is 1.35. The smallest absolute Gasteiger partial charge is 0.239 e. The minimum atomic E-state index is -0.123. The lowest BCUT2D eigenvalue weighted by atomic mass is 10.1. The van der Waals surface area contributed by atoms with Gasteiger partial charge in [-0.2, -0.15) is 0 Å². The first kappa shape index (κ1) is 13.0. The van der Waals surface area contributed by atoms with Crippen molar-refractivity contribution in [2.45, 2.75) is 25.1 Å². The third-order valence-corrected chi connectivity index (χ3v) is 3.27. The molecule has 0 bridgehead atoms. The van der Waals surface area contributed by atoms with Crippen molar-refractivity contribution in [1.82, 2.24) is 15.2 Å². The number of carbonyl (C=O) groups is 1. The third-order valence-electron chi connectivity index (χ3n) is 3.27. The highest BCUT2D eigenvalue weighted by Crippen LogP contribution is 2.12. The summed E-state index contributed by atoms with van der Waals surface area (Å²) in [6.07, 6.45) is 4.37. The van der Waals surface area contributed by atoms with E-state index in [9.17, 15) is 4.79 Å². The molecule has 5 heteroatoms. The molecule has 0 aromatic carbocycles. The van der Waals surface area contributed by atoms with Gasteiger partial charge in [-0.25, -0.2) is 0 Å². The quantitative estimate of drug-likeness (QED) is 0.840. The van der Waals surface area contributed by atoms with E-state index in [2.05, 4.69) is 10.3 Å². The van der Waals surface area contributed by atoms with Crippen molar-refractivity contribution in [2.75, 3.05) is 20.7 Å². The Morgan fingerprint density at radius 3 is 2.89 bits per heavy atom. The highest BCUT2D eigenvalue weighted by Gasteiger charge is 2.31. The fourth-order valence-corrected chi connectivity index (χ4v) is 2.18. The van der Waals surface area contributed by atoms with Crippen LogP contribution in [-0.2, 0) is 16.1 Å². The van der Waals surface area contributed by atoms with Crippen LogP contribution in [0.25, 0.3) is 0 Å². The zero-order valence-corrected chi connectivity index (χ0v) is 10.8. The number of pyridine rings is 1. The Morgan fingerprint density at radius 1 is 1.56 bits per heavy atom. The standard InChI is InChI=1S/C13H19N3O2/c1-16(9-10-3-5-14-6-4-10)13(17)12-7-11(18-2)8-15-12/h3-6,11-12,15H,7-9H2,1-2H3. The van der Waals surface area contributed by atoms with E-state index in [0.717, 1.165) is 18.5 Å². The van der Waals surface area contributed by atoms with E-state index in [0.29, 0.717) is 6.54 Å². The zero-order valence-electron chi connectivity index (χ0n) is 10.8. The first-order chi connectivity index (χ1) is 8.70. The average Bonchev–Trinajstić information content (AvgIpc) is 2.87. The summed E-state index contributed by atoms with van der Waals surface area (Å²) in [6, 6.07) is 3.72. The van der Waals surface area contributed by atoms with Crippen LogP contribution >= 0.6 is 0 Å². The SMILES string of the molecule is COC1CNC(C(=O)N(C)Cc2ccncc2)C1. The molecule has 5 nitrogen and oxygen atoms in total. The minimum absolute atomic E-state index is 0.117. The maximum absolute atomic E-state index is 12.2. The summed E-state index contributed by atoms with van der Waals surface area (Å²) in [7, 11) is 3.50. The van der Waals surface area contributed by atoms with Crippen molar-refractivity contribution in [3.8, 4) is 0 Å². The van der Waals surface area contributed by atoms with E-state index in [1.165, 1.54) is 0 Å². The average molecular weight is 249 g/mol. The molecule has 2 heterocycles. The molecule has 1 amide bonds. The first-order valence-electron chi connectivity index (χ1n) is 6.10. The molecule has 0 aliphatic carbocycles. The molecule has 2 atom stereocenters. The molecule has 1 N–H and O–H groups in total. The number of hydrogen-bond donors (Lipinski definition) is 1. The predicted molar refractivity (Wildman–Crippen MR) is 67.9 cm³/mol. The van der Waals surface area contributed by atoms with Crippen molar-refractivity contribution >= 4 is 5.91 Å². The van der Waals surface area contributed by atoms with Gasteiger partial charge in [-0.15, -0.1) is 0 Å². The molecule has 1 saturated heterocycles. The molecule has 18 heavy (non-hydrogen) atoms. The monoisotopic (exact) mass is 249 g/mol. The molecular formula is C13H19N3O2. The van der Waals surface area contributed by atoms with Crippen molar-refractivity contribution in [2.24, 2.45) is 0 Å². The lowest BCUT2D eigenvalue weighted by Crippen LogP contribution is -2.41.